The minimum Gasteiger partial charge on any atom is -0.454 e. The molecular weight excluding hydrogens is 520 g/mol. The van der Waals surface area contributed by atoms with Crippen molar-refractivity contribution in [2.45, 2.75) is 13.3 Å². The van der Waals surface area contributed by atoms with E-state index in [0.29, 0.717) is 28.1 Å². The zero-order chi connectivity index (χ0) is 28.1. The van der Waals surface area contributed by atoms with Crippen molar-refractivity contribution in [2.24, 2.45) is 0 Å². The second-order valence-electron chi connectivity index (χ2n) is 9.40. The number of rotatable bonds is 6. The van der Waals surface area contributed by atoms with Crippen molar-refractivity contribution < 1.29 is 27.9 Å². The number of ketones is 1. The van der Waals surface area contributed by atoms with Crippen molar-refractivity contribution in [3.8, 4) is 17.2 Å². The molecule has 2 aliphatic rings. The van der Waals surface area contributed by atoms with Crippen molar-refractivity contribution in [2.75, 3.05) is 17.2 Å². The predicted molar refractivity (Wildman–Crippen MR) is 142 cm³/mol. The predicted octanol–water partition coefficient (Wildman–Crippen LogP) is 4.71. The number of ether oxygens (including phenoxy) is 1. The Hall–Kier alpha value is -5.32. The number of anilines is 2. The quantitative estimate of drug-likeness (QED) is 0.270. The number of benzene rings is 3. The van der Waals surface area contributed by atoms with Crippen LogP contribution in [0.3, 0.4) is 0 Å². The smallest absolute Gasteiger partial charge is 0.329 e. The first-order valence-electron chi connectivity index (χ1n) is 12.3. The topological polar surface area (TPSA) is 120 Å². The Labute approximate surface area is 226 Å². The highest BCUT2D eigenvalue weighted by molar-refractivity contribution is 6.20. The molecule has 9 nitrogen and oxygen atoms in total. The molecule has 1 saturated heterocycles. The van der Waals surface area contributed by atoms with Gasteiger partial charge in [-0.25, -0.2) is 23.2 Å². The fourth-order valence-corrected chi connectivity index (χ4v) is 4.82. The fourth-order valence-electron chi connectivity index (χ4n) is 4.82. The molecule has 0 bridgehead atoms. The Bertz CT molecular complexity index is 1760. The number of hydrogen-bond acceptors (Lipinski definition) is 6. The molecule has 0 saturated carbocycles. The van der Waals surface area contributed by atoms with E-state index < -0.39 is 23.6 Å². The van der Waals surface area contributed by atoms with Gasteiger partial charge in [-0.3, -0.25) is 9.59 Å². The molecule has 1 aliphatic heterocycles. The van der Waals surface area contributed by atoms with Crippen LogP contribution in [0.15, 0.2) is 66.4 Å². The summed E-state index contributed by atoms with van der Waals surface area (Å²) in [4.78, 5) is 38.2. The number of para-hydroxylation sites is 1. The summed E-state index contributed by atoms with van der Waals surface area (Å²) in [5.41, 5.74) is 9.10. The first-order chi connectivity index (χ1) is 19.2. The van der Waals surface area contributed by atoms with Gasteiger partial charge in [-0.2, -0.15) is 5.10 Å². The van der Waals surface area contributed by atoms with Crippen LogP contribution < -0.4 is 20.7 Å². The molecule has 4 aromatic rings. The lowest BCUT2D eigenvalue weighted by Gasteiger charge is -2.15. The molecule has 0 unspecified atom stereocenters. The van der Waals surface area contributed by atoms with Crippen LogP contribution in [0.4, 0.5) is 25.1 Å². The van der Waals surface area contributed by atoms with Gasteiger partial charge in [0, 0.05) is 12.0 Å². The summed E-state index contributed by atoms with van der Waals surface area (Å²) in [5.74, 6) is -1.56. The van der Waals surface area contributed by atoms with Crippen LogP contribution in [-0.2, 0) is 11.2 Å². The van der Waals surface area contributed by atoms with Gasteiger partial charge in [0.25, 0.3) is 5.91 Å². The van der Waals surface area contributed by atoms with Gasteiger partial charge in [-0.05, 0) is 72.2 Å². The van der Waals surface area contributed by atoms with Gasteiger partial charge in [0.05, 0.1) is 29.7 Å². The lowest BCUT2D eigenvalue weighted by molar-refractivity contribution is -0.115. The van der Waals surface area contributed by atoms with Gasteiger partial charge >= 0.3 is 6.03 Å². The summed E-state index contributed by atoms with van der Waals surface area (Å²) in [6.07, 6.45) is 3.09. The van der Waals surface area contributed by atoms with E-state index in [4.69, 9.17) is 10.5 Å². The van der Waals surface area contributed by atoms with Crippen LogP contribution in [0.5, 0.6) is 11.5 Å². The molecule has 40 heavy (non-hydrogen) atoms. The maximum Gasteiger partial charge on any atom is 0.329 e. The Morgan fingerprint density at radius 2 is 1.85 bits per heavy atom. The number of nitrogens with zero attached hydrogens (tertiary/aromatic N) is 3. The first kappa shape index (κ1) is 25.0. The summed E-state index contributed by atoms with van der Waals surface area (Å²) >= 11 is 0. The number of aromatic nitrogens is 2. The largest absolute Gasteiger partial charge is 0.454 e. The van der Waals surface area contributed by atoms with E-state index in [-0.39, 0.29) is 41.6 Å². The normalized spacial score (nSPS) is 14.3. The molecule has 11 heteroatoms. The van der Waals surface area contributed by atoms with E-state index in [1.807, 2.05) is 0 Å². The molecule has 3 amide bonds. The number of hydrogen-bond donors (Lipinski definition) is 2. The third-order valence-corrected chi connectivity index (χ3v) is 6.81. The number of allylic oxidation sites excluding steroid dienone is 1. The van der Waals surface area contributed by atoms with E-state index in [1.54, 1.807) is 43.3 Å². The average molecular weight is 542 g/mol. The molecule has 200 valence electrons. The molecule has 3 aromatic carbocycles. The highest BCUT2D eigenvalue weighted by Gasteiger charge is 2.33. The lowest BCUT2D eigenvalue weighted by Crippen LogP contribution is -2.31. The van der Waals surface area contributed by atoms with Crippen LogP contribution >= 0.6 is 0 Å². The highest BCUT2D eigenvalue weighted by atomic mass is 19.1. The van der Waals surface area contributed by atoms with Crippen molar-refractivity contribution in [1.29, 1.82) is 0 Å². The first-order valence-corrected chi connectivity index (χ1v) is 12.3. The van der Waals surface area contributed by atoms with E-state index in [9.17, 15) is 23.2 Å². The molecule has 1 aromatic heterocycles. The second-order valence-corrected chi connectivity index (χ2v) is 9.40. The minimum absolute atomic E-state index is 0.0919. The maximum atomic E-state index is 14.8. The van der Waals surface area contributed by atoms with Gasteiger partial charge in [0.15, 0.2) is 17.3 Å². The molecule has 0 spiro atoms. The molecule has 2 heterocycles. The van der Waals surface area contributed by atoms with Crippen LogP contribution in [0.2, 0.25) is 0 Å². The number of nitrogen functional groups attached to an aromatic ring is 1. The zero-order valence-corrected chi connectivity index (χ0v) is 21.1. The second kappa shape index (κ2) is 9.45. The van der Waals surface area contributed by atoms with Crippen LogP contribution in [-0.4, -0.2) is 34.0 Å². The Morgan fingerprint density at radius 3 is 2.58 bits per heavy atom. The Morgan fingerprint density at radius 1 is 1.05 bits per heavy atom. The van der Waals surface area contributed by atoms with Crippen molar-refractivity contribution in [3.05, 3.63) is 100 Å². The molecule has 0 radical (unpaired) electrons. The van der Waals surface area contributed by atoms with Crippen LogP contribution in [0, 0.1) is 18.6 Å². The summed E-state index contributed by atoms with van der Waals surface area (Å²) in [7, 11) is 0. The number of Topliss-reactive ketones (excluding diaryl/α,β-unsaturated/α-hetero) is 1. The van der Waals surface area contributed by atoms with Gasteiger partial charge < -0.3 is 15.8 Å². The fraction of sp³-hybridized carbons (Fsp3) is 0.103. The highest BCUT2D eigenvalue weighted by Crippen LogP contribution is 2.35. The zero-order valence-electron chi connectivity index (χ0n) is 21.1. The molecule has 3 N–H and O–H groups in total. The maximum absolute atomic E-state index is 14.8. The molecule has 0 atom stereocenters. The standard InChI is InChI=1S/C29H21F2N5O4/c1-15-8-19(40-25-5-3-2-4-21(25)30)6-7-23(15)36-28(32)20(13-34-36)27(38)18-9-16-11-22(31)24(12-17(16)10-18)35-26(37)14-33-29(35)39/h2-9,11-13H,10,14,32H2,1H3,(H,33,39). The number of fused-ring (bicyclic) bond motifs is 1. The Balaban J connectivity index is 1.24. The monoisotopic (exact) mass is 541 g/mol. The van der Waals surface area contributed by atoms with Crippen LogP contribution in [0.1, 0.15) is 27.0 Å². The van der Waals surface area contributed by atoms with Gasteiger partial charge in [-0.15, -0.1) is 0 Å². The molecule has 1 fully saturated rings. The minimum atomic E-state index is -0.751. The SMILES string of the molecule is Cc1cc(Oc2ccccc2F)ccc1-n1ncc(C(=O)C2=Cc3cc(F)c(N4C(=O)CNC4=O)cc3C2)c1N. The van der Waals surface area contributed by atoms with E-state index in [2.05, 4.69) is 10.4 Å². The number of aryl methyl sites for hydroxylation is 1. The lowest BCUT2D eigenvalue weighted by atomic mass is 10.0. The van der Waals surface area contributed by atoms with Gasteiger partial charge in [0.1, 0.15) is 17.4 Å². The third-order valence-electron chi connectivity index (χ3n) is 6.81. The summed E-state index contributed by atoms with van der Waals surface area (Å²) in [5, 5.41) is 6.67. The molecule has 6 rings (SSSR count). The number of nitrogens with two attached hydrogens (primary N) is 1. The summed E-state index contributed by atoms with van der Waals surface area (Å²) < 4.78 is 35.8. The van der Waals surface area contributed by atoms with Crippen molar-refractivity contribution in [1.82, 2.24) is 15.1 Å². The number of halogens is 2. The average Bonchev–Trinajstić information content (AvgIpc) is 3.61. The third kappa shape index (κ3) is 4.17. The number of nitrogens with one attached hydrogen (secondary N) is 1. The van der Waals surface area contributed by atoms with E-state index >= 15 is 0 Å². The summed E-state index contributed by atoms with van der Waals surface area (Å²) in [6, 6.07) is 13.0. The Kier molecular flexibility index (Phi) is 5.91. The summed E-state index contributed by atoms with van der Waals surface area (Å²) in [6.45, 7) is 1.60. The van der Waals surface area contributed by atoms with Crippen molar-refractivity contribution >= 4 is 35.3 Å². The van der Waals surface area contributed by atoms with E-state index in [1.165, 1.54) is 35.1 Å². The van der Waals surface area contributed by atoms with Gasteiger partial charge in [0.2, 0.25) is 0 Å². The van der Waals surface area contributed by atoms with Crippen LogP contribution in [0.25, 0.3) is 11.8 Å². The van der Waals surface area contributed by atoms with E-state index in [0.717, 1.165) is 10.5 Å². The molecular formula is C29H21F2N5O4. The van der Waals surface area contributed by atoms with Gasteiger partial charge in [-0.1, -0.05) is 12.1 Å². The number of imide groups is 1. The van der Waals surface area contributed by atoms with Crippen molar-refractivity contribution in [3.63, 3.8) is 0 Å². The molecule has 1 aliphatic carbocycles. The number of carbonyl (C=O) groups is 3. The number of carbonyl (C=O) groups excluding carboxylic acids is 3. The number of amides is 3. The number of urea groups is 1.